The second kappa shape index (κ2) is 12.6. The summed E-state index contributed by atoms with van der Waals surface area (Å²) in [4.78, 5) is 28.3. The van der Waals surface area contributed by atoms with E-state index in [0.29, 0.717) is 28.8 Å². The van der Waals surface area contributed by atoms with Crippen LogP contribution in [0.5, 0.6) is 5.75 Å². The zero-order chi connectivity index (χ0) is 25.4. The molecule has 5 nitrogen and oxygen atoms in total. The van der Waals surface area contributed by atoms with Crippen molar-refractivity contribution in [2.24, 2.45) is 0 Å². The number of nitrogens with zero attached hydrogens (tertiary/aromatic N) is 1. The Kier molecular flexibility index (Phi) is 9.58. The van der Waals surface area contributed by atoms with E-state index in [1.54, 1.807) is 23.1 Å². The van der Waals surface area contributed by atoms with Crippen molar-refractivity contribution in [2.45, 2.75) is 39.8 Å². The molecule has 0 aliphatic carbocycles. The Morgan fingerprint density at radius 2 is 1.69 bits per heavy atom. The van der Waals surface area contributed by atoms with E-state index >= 15 is 0 Å². The van der Waals surface area contributed by atoms with Gasteiger partial charge in [-0.2, -0.15) is 0 Å². The fourth-order valence-electron chi connectivity index (χ4n) is 3.77. The molecule has 3 aromatic carbocycles. The van der Waals surface area contributed by atoms with Crippen LogP contribution in [0, 0.1) is 13.8 Å². The van der Waals surface area contributed by atoms with Gasteiger partial charge in [-0.15, -0.1) is 0 Å². The summed E-state index contributed by atoms with van der Waals surface area (Å²) in [5, 5.41) is 3.69. The molecule has 184 valence electrons. The Balaban J connectivity index is 1.92. The number of rotatable bonds is 10. The van der Waals surface area contributed by atoms with Crippen molar-refractivity contribution in [2.75, 3.05) is 13.2 Å². The molecule has 3 rings (SSSR count). The zero-order valence-electron chi connectivity index (χ0n) is 20.2. The Labute approximate surface area is 217 Å². The molecule has 7 heteroatoms. The van der Waals surface area contributed by atoms with E-state index in [-0.39, 0.29) is 25.0 Å². The van der Waals surface area contributed by atoms with Crippen molar-refractivity contribution in [3.8, 4) is 5.75 Å². The van der Waals surface area contributed by atoms with E-state index in [1.165, 1.54) is 0 Å². The van der Waals surface area contributed by atoms with Crippen molar-refractivity contribution in [3.63, 3.8) is 0 Å². The molecular formula is C28H30Cl2N2O3. The average Bonchev–Trinajstić information content (AvgIpc) is 2.84. The van der Waals surface area contributed by atoms with Gasteiger partial charge in [-0.05, 0) is 61.2 Å². The maximum absolute atomic E-state index is 13.6. The lowest BCUT2D eigenvalue weighted by Gasteiger charge is -2.31. The summed E-state index contributed by atoms with van der Waals surface area (Å²) in [6.45, 7) is 6.19. The van der Waals surface area contributed by atoms with E-state index in [9.17, 15) is 9.59 Å². The molecule has 2 amide bonds. The van der Waals surface area contributed by atoms with Crippen LogP contribution in [0.3, 0.4) is 0 Å². The molecule has 0 radical (unpaired) electrons. The van der Waals surface area contributed by atoms with Crippen LogP contribution < -0.4 is 10.1 Å². The van der Waals surface area contributed by atoms with Crippen LogP contribution in [0.2, 0.25) is 10.0 Å². The highest BCUT2D eigenvalue weighted by Gasteiger charge is 2.30. The number of ether oxygens (including phenoxy) is 1. The van der Waals surface area contributed by atoms with Gasteiger partial charge >= 0.3 is 0 Å². The molecule has 3 aromatic rings. The number of benzene rings is 3. The van der Waals surface area contributed by atoms with Crippen molar-refractivity contribution >= 4 is 35.0 Å². The molecule has 0 aliphatic heterocycles. The van der Waals surface area contributed by atoms with Gasteiger partial charge in [-0.1, -0.05) is 71.7 Å². The first-order chi connectivity index (χ1) is 16.8. The van der Waals surface area contributed by atoms with Crippen LogP contribution in [-0.4, -0.2) is 35.9 Å². The number of likely N-dealkylation sites (N-methyl/N-ethyl adjacent to an activating group) is 1. The minimum atomic E-state index is -0.735. The highest BCUT2D eigenvalue weighted by Crippen LogP contribution is 2.25. The minimum Gasteiger partial charge on any atom is -0.483 e. The van der Waals surface area contributed by atoms with Gasteiger partial charge in [-0.25, -0.2) is 0 Å². The first-order valence-corrected chi connectivity index (χ1v) is 12.3. The number of hydrogen-bond donors (Lipinski definition) is 1. The molecule has 0 heterocycles. The van der Waals surface area contributed by atoms with Crippen LogP contribution in [-0.2, 0) is 22.6 Å². The van der Waals surface area contributed by atoms with Gasteiger partial charge in [-0.3, -0.25) is 9.59 Å². The second-order valence-electron chi connectivity index (χ2n) is 8.43. The quantitative estimate of drug-likeness (QED) is 0.375. The van der Waals surface area contributed by atoms with Crippen molar-refractivity contribution in [1.29, 1.82) is 0 Å². The Hall–Kier alpha value is -3.02. The number of carbonyl (C=O) groups is 2. The van der Waals surface area contributed by atoms with Gasteiger partial charge in [0.25, 0.3) is 5.91 Å². The second-order valence-corrected chi connectivity index (χ2v) is 9.24. The average molecular weight is 513 g/mol. The first-order valence-electron chi connectivity index (χ1n) is 11.5. The summed E-state index contributed by atoms with van der Waals surface area (Å²) in [6.07, 6.45) is 0.364. The third-order valence-electron chi connectivity index (χ3n) is 5.65. The summed E-state index contributed by atoms with van der Waals surface area (Å²) < 4.78 is 5.91. The number of amides is 2. The molecule has 0 unspecified atom stereocenters. The van der Waals surface area contributed by atoms with Crippen LogP contribution in [0.4, 0.5) is 0 Å². The Morgan fingerprint density at radius 3 is 2.37 bits per heavy atom. The molecule has 0 saturated carbocycles. The normalized spacial score (nSPS) is 11.6. The fourth-order valence-corrected chi connectivity index (χ4v) is 4.09. The van der Waals surface area contributed by atoms with E-state index in [1.807, 2.05) is 69.3 Å². The van der Waals surface area contributed by atoms with Gasteiger partial charge in [0, 0.05) is 19.5 Å². The van der Waals surface area contributed by atoms with E-state index in [2.05, 4.69) is 5.32 Å². The largest absolute Gasteiger partial charge is 0.483 e. The summed E-state index contributed by atoms with van der Waals surface area (Å²) in [5.41, 5.74) is 3.69. The Bertz CT molecular complexity index is 1170. The SMILES string of the molecule is CCNC(=O)[C@@H](Cc1ccccc1)N(Cc1ccc(Cl)c(Cl)c1)C(=O)COc1cc(C)ccc1C. The van der Waals surface area contributed by atoms with Crippen molar-refractivity contribution in [3.05, 3.63) is 99.0 Å². The molecule has 0 aromatic heterocycles. The molecular weight excluding hydrogens is 483 g/mol. The lowest BCUT2D eigenvalue weighted by molar-refractivity contribution is -0.142. The van der Waals surface area contributed by atoms with Crippen molar-refractivity contribution in [1.82, 2.24) is 10.2 Å². The van der Waals surface area contributed by atoms with Crippen LogP contribution in [0.25, 0.3) is 0 Å². The third kappa shape index (κ3) is 7.48. The van der Waals surface area contributed by atoms with E-state index in [4.69, 9.17) is 27.9 Å². The zero-order valence-corrected chi connectivity index (χ0v) is 21.7. The van der Waals surface area contributed by atoms with Gasteiger partial charge in [0.15, 0.2) is 6.61 Å². The maximum atomic E-state index is 13.6. The monoisotopic (exact) mass is 512 g/mol. The number of halogens is 2. The molecule has 0 spiro atoms. The van der Waals surface area contributed by atoms with Gasteiger partial charge in [0.05, 0.1) is 10.0 Å². The van der Waals surface area contributed by atoms with Crippen LogP contribution in [0.15, 0.2) is 66.7 Å². The number of hydrogen-bond acceptors (Lipinski definition) is 3. The molecule has 0 bridgehead atoms. The lowest BCUT2D eigenvalue weighted by Crippen LogP contribution is -2.51. The molecule has 35 heavy (non-hydrogen) atoms. The number of aryl methyl sites for hydroxylation is 2. The predicted octanol–water partition coefficient (Wildman–Crippen LogP) is 5.77. The smallest absolute Gasteiger partial charge is 0.261 e. The molecule has 1 atom stereocenters. The van der Waals surface area contributed by atoms with Gasteiger partial charge in [0.1, 0.15) is 11.8 Å². The van der Waals surface area contributed by atoms with Crippen molar-refractivity contribution < 1.29 is 14.3 Å². The topological polar surface area (TPSA) is 58.6 Å². The highest BCUT2D eigenvalue weighted by atomic mass is 35.5. The standard InChI is InChI=1S/C28H30Cl2N2O3/c1-4-31-28(34)25(16-21-8-6-5-7-9-21)32(17-22-12-13-23(29)24(30)15-22)27(33)18-35-26-14-19(2)10-11-20(26)3/h5-15,25H,4,16-18H2,1-3H3,(H,31,34)/t25-/m1/s1. The molecule has 0 fully saturated rings. The fraction of sp³-hybridized carbons (Fsp3) is 0.286. The lowest BCUT2D eigenvalue weighted by atomic mass is 10.0. The van der Waals surface area contributed by atoms with Gasteiger partial charge < -0.3 is 15.0 Å². The predicted molar refractivity (Wildman–Crippen MR) is 141 cm³/mol. The van der Waals surface area contributed by atoms with E-state index < -0.39 is 6.04 Å². The van der Waals surface area contributed by atoms with E-state index in [0.717, 1.165) is 22.3 Å². The summed E-state index contributed by atoms with van der Waals surface area (Å²) >= 11 is 12.3. The van der Waals surface area contributed by atoms with Crippen LogP contribution in [0.1, 0.15) is 29.2 Å². The first kappa shape index (κ1) is 26.6. The van der Waals surface area contributed by atoms with Crippen LogP contribution >= 0.6 is 23.2 Å². The minimum absolute atomic E-state index is 0.181. The number of nitrogens with one attached hydrogen (secondary N) is 1. The van der Waals surface area contributed by atoms with Gasteiger partial charge in [0.2, 0.25) is 5.91 Å². The molecule has 1 N–H and O–H groups in total. The highest BCUT2D eigenvalue weighted by molar-refractivity contribution is 6.42. The molecule has 0 aliphatic rings. The molecule has 0 saturated heterocycles. The maximum Gasteiger partial charge on any atom is 0.261 e. The Morgan fingerprint density at radius 1 is 0.943 bits per heavy atom. The third-order valence-corrected chi connectivity index (χ3v) is 6.39. The summed E-state index contributed by atoms with van der Waals surface area (Å²) in [7, 11) is 0. The summed E-state index contributed by atoms with van der Waals surface area (Å²) in [6, 6.07) is 20.0. The summed E-state index contributed by atoms with van der Waals surface area (Å²) in [5.74, 6) is 0.117. The number of carbonyl (C=O) groups excluding carboxylic acids is 2.